The lowest BCUT2D eigenvalue weighted by atomic mass is 10.2. The van der Waals surface area contributed by atoms with Crippen LogP contribution in [-0.2, 0) is 14.8 Å². The van der Waals surface area contributed by atoms with E-state index in [1.807, 2.05) is 12.1 Å². The van der Waals surface area contributed by atoms with E-state index in [0.29, 0.717) is 15.8 Å². The van der Waals surface area contributed by atoms with Gasteiger partial charge in [0.2, 0.25) is 21.1 Å². The van der Waals surface area contributed by atoms with Gasteiger partial charge in [-0.05, 0) is 49.4 Å². The third-order valence-corrected chi connectivity index (χ3v) is 6.81. The summed E-state index contributed by atoms with van der Waals surface area (Å²) < 4.78 is 36.5. The summed E-state index contributed by atoms with van der Waals surface area (Å²) in [6.07, 6.45) is 1.00. The predicted molar refractivity (Wildman–Crippen MR) is 125 cm³/mol. The highest BCUT2D eigenvalue weighted by Crippen LogP contribution is 2.34. The SMILES string of the molecule is COc1ccc(-c2nnc(NC(=O)[C@H](C)N(c3cc(Cl)ccc3OC)S(C)(=O)=O)s2)cc1. The summed E-state index contributed by atoms with van der Waals surface area (Å²) in [7, 11) is -0.879. The van der Waals surface area contributed by atoms with Crippen LogP contribution in [0.1, 0.15) is 6.92 Å². The second kappa shape index (κ2) is 9.72. The van der Waals surface area contributed by atoms with Gasteiger partial charge in [-0.1, -0.05) is 22.9 Å². The van der Waals surface area contributed by atoms with Crippen molar-refractivity contribution in [3.63, 3.8) is 0 Å². The summed E-state index contributed by atoms with van der Waals surface area (Å²) in [4.78, 5) is 12.9. The Kier molecular flexibility index (Phi) is 7.22. The smallest absolute Gasteiger partial charge is 0.249 e. The highest BCUT2D eigenvalue weighted by atomic mass is 35.5. The molecule has 1 aromatic heterocycles. The average molecular weight is 497 g/mol. The number of rotatable bonds is 8. The molecule has 1 N–H and O–H groups in total. The zero-order valence-corrected chi connectivity index (χ0v) is 20.1. The highest BCUT2D eigenvalue weighted by Gasteiger charge is 2.32. The van der Waals surface area contributed by atoms with Crippen molar-refractivity contribution in [1.29, 1.82) is 0 Å². The zero-order chi connectivity index (χ0) is 23.5. The molecule has 170 valence electrons. The molecule has 1 amide bonds. The number of sulfonamides is 1. The van der Waals surface area contributed by atoms with Crippen molar-refractivity contribution in [3.05, 3.63) is 47.5 Å². The molecule has 0 fully saturated rings. The van der Waals surface area contributed by atoms with Crippen LogP contribution in [0.25, 0.3) is 10.6 Å². The lowest BCUT2D eigenvalue weighted by Gasteiger charge is -2.29. The van der Waals surface area contributed by atoms with Gasteiger partial charge < -0.3 is 9.47 Å². The molecule has 0 radical (unpaired) electrons. The fourth-order valence-electron chi connectivity index (χ4n) is 2.95. The molecule has 12 heteroatoms. The number of hydrogen-bond donors (Lipinski definition) is 1. The summed E-state index contributed by atoms with van der Waals surface area (Å²) in [5.41, 5.74) is 0.958. The molecule has 1 heterocycles. The van der Waals surface area contributed by atoms with Crippen molar-refractivity contribution in [2.45, 2.75) is 13.0 Å². The van der Waals surface area contributed by atoms with Crippen LogP contribution in [0.2, 0.25) is 5.02 Å². The van der Waals surface area contributed by atoms with E-state index in [2.05, 4.69) is 15.5 Å². The van der Waals surface area contributed by atoms with E-state index in [0.717, 1.165) is 27.5 Å². The van der Waals surface area contributed by atoms with Gasteiger partial charge in [-0.3, -0.25) is 14.4 Å². The fourth-order valence-corrected chi connectivity index (χ4v) is 5.04. The van der Waals surface area contributed by atoms with E-state index >= 15 is 0 Å². The number of ether oxygens (including phenoxy) is 2. The van der Waals surface area contributed by atoms with Crippen LogP contribution in [0.4, 0.5) is 10.8 Å². The number of carbonyl (C=O) groups is 1. The Bertz CT molecular complexity index is 1210. The van der Waals surface area contributed by atoms with E-state index in [4.69, 9.17) is 21.1 Å². The first kappa shape index (κ1) is 23.8. The molecule has 0 aliphatic heterocycles. The summed E-state index contributed by atoms with van der Waals surface area (Å²) in [5.74, 6) is 0.380. The maximum Gasteiger partial charge on any atom is 0.249 e. The van der Waals surface area contributed by atoms with Gasteiger partial charge in [-0.25, -0.2) is 8.42 Å². The summed E-state index contributed by atoms with van der Waals surface area (Å²) in [6.45, 7) is 1.46. The molecule has 0 unspecified atom stereocenters. The Morgan fingerprint density at radius 2 is 1.81 bits per heavy atom. The van der Waals surface area contributed by atoms with E-state index in [-0.39, 0.29) is 16.6 Å². The molecular weight excluding hydrogens is 476 g/mol. The number of anilines is 2. The number of nitrogens with zero attached hydrogens (tertiary/aromatic N) is 3. The Labute approximate surface area is 195 Å². The van der Waals surface area contributed by atoms with Crippen molar-refractivity contribution in [1.82, 2.24) is 10.2 Å². The molecule has 0 saturated heterocycles. The van der Waals surface area contributed by atoms with Crippen LogP contribution < -0.4 is 19.1 Å². The van der Waals surface area contributed by atoms with Crippen molar-refractivity contribution in [3.8, 4) is 22.1 Å². The van der Waals surface area contributed by atoms with E-state index in [1.165, 1.54) is 26.2 Å². The van der Waals surface area contributed by atoms with Gasteiger partial charge in [-0.2, -0.15) is 0 Å². The monoisotopic (exact) mass is 496 g/mol. The third kappa shape index (κ3) is 5.29. The molecule has 0 aliphatic carbocycles. The van der Waals surface area contributed by atoms with Gasteiger partial charge in [-0.15, -0.1) is 10.2 Å². The maximum atomic E-state index is 12.9. The molecule has 0 spiro atoms. The van der Waals surface area contributed by atoms with Gasteiger partial charge in [0.25, 0.3) is 0 Å². The van der Waals surface area contributed by atoms with Crippen molar-refractivity contribution < 1.29 is 22.7 Å². The first-order valence-corrected chi connectivity index (χ1v) is 12.3. The number of amides is 1. The van der Waals surface area contributed by atoms with Gasteiger partial charge in [0.05, 0.1) is 26.2 Å². The molecule has 32 heavy (non-hydrogen) atoms. The molecule has 0 saturated carbocycles. The van der Waals surface area contributed by atoms with Crippen molar-refractivity contribution >= 4 is 49.7 Å². The Balaban J connectivity index is 1.85. The number of hydrogen-bond acceptors (Lipinski definition) is 8. The summed E-state index contributed by atoms with van der Waals surface area (Å²) >= 11 is 7.22. The second-order valence-corrected chi connectivity index (χ2v) is 9.95. The number of methoxy groups -OCH3 is 2. The topological polar surface area (TPSA) is 111 Å². The summed E-state index contributed by atoms with van der Waals surface area (Å²) in [5, 5.41) is 11.8. The highest BCUT2D eigenvalue weighted by molar-refractivity contribution is 7.92. The molecule has 1 atom stereocenters. The number of benzene rings is 2. The minimum absolute atomic E-state index is 0.154. The lowest BCUT2D eigenvalue weighted by molar-refractivity contribution is -0.116. The van der Waals surface area contributed by atoms with Crippen LogP contribution in [0.15, 0.2) is 42.5 Å². The Morgan fingerprint density at radius 3 is 2.41 bits per heavy atom. The molecule has 9 nitrogen and oxygen atoms in total. The lowest BCUT2D eigenvalue weighted by Crippen LogP contribution is -2.45. The third-order valence-electron chi connectivity index (χ3n) is 4.46. The minimum atomic E-state index is -3.86. The van der Waals surface area contributed by atoms with E-state index < -0.39 is 22.0 Å². The van der Waals surface area contributed by atoms with Crippen LogP contribution in [0, 0.1) is 0 Å². The molecule has 3 aromatic rings. The first-order chi connectivity index (χ1) is 15.1. The number of halogens is 1. The van der Waals surface area contributed by atoms with Gasteiger partial charge in [0.15, 0.2) is 0 Å². The fraction of sp³-hybridized carbons (Fsp3) is 0.250. The molecule has 3 rings (SSSR count). The van der Waals surface area contributed by atoms with Gasteiger partial charge in [0.1, 0.15) is 22.5 Å². The number of carbonyl (C=O) groups excluding carboxylic acids is 1. The average Bonchev–Trinajstić information content (AvgIpc) is 3.21. The first-order valence-electron chi connectivity index (χ1n) is 9.25. The zero-order valence-electron chi connectivity index (χ0n) is 17.7. The molecule has 0 bridgehead atoms. The Hall–Kier alpha value is -2.89. The normalized spacial score (nSPS) is 12.2. The van der Waals surface area contributed by atoms with Crippen molar-refractivity contribution in [2.24, 2.45) is 0 Å². The van der Waals surface area contributed by atoms with Crippen molar-refractivity contribution in [2.75, 3.05) is 30.1 Å². The number of aromatic nitrogens is 2. The molecule has 0 aliphatic rings. The van der Waals surface area contributed by atoms with Gasteiger partial charge >= 0.3 is 0 Å². The van der Waals surface area contributed by atoms with E-state index in [1.54, 1.807) is 25.3 Å². The molecule has 2 aromatic carbocycles. The number of nitrogens with one attached hydrogen (secondary N) is 1. The summed E-state index contributed by atoms with van der Waals surface area (Å²) in [6, 6.07) is 10.6. The molecular formula is C20H21ClN4O5S2. The predicted octanol–water partition coefficient (Wildman–Crippen LogP) is 3.67. The van der Waals surface area contributed by atoms with Crippen LogP contribution in [-0.4, -0.2) is 51.0 Å². The maximum absolute atomic E-state index is 12.9. The van der Waals surface area contributed by atoms with Crippen LogP contribution in [0.3, 0.4) is 0 Å². The second-order valence-electron chi connectivity index (χ2n) is 6.68. The minimum Gasteiger partial charge on any atom is -0.497 e. The standard InChI is InChI=1S/C20H21ClN4O5S2/c1-12(25(32(4,27)28)16-11-14(21)7-10-17(16)30-3)18(26)22-20-24-23-19(31-20)13-5-8-15(29-2)9-6-13/h5-12H,1-4H3,(H,22,24,26)/t12-/m0/s1. The van der Waals surface area contributed by atoms with Gasteiger partial charge in [0, 0.05) is 10.6 Å². The Morgan fingerprint density at radius 1 is 1.12 bits per heavy atom. The van der Waals surface area contributed by atoms with E-state index in [9.17, 15) is 13.2 Å². The quantitative estimate of drug-likeness (QED) is 0.506. The largest absolute Gasteiger partial charge is 0.497 e. The van der Waals surface area contributed by atoms with Crippen LogP contribution in [0.5, 0.6) is 11.5 Å². The van der Waals surface area contributed by atoms with Crippen LogP contribution >= 0.6 is 22.9 Å².